The minimum atomic E-state index is -1.02. The molecule has 23 heavy (non-hydrogen) atoms. The molecule has 0 heterocycles. The summed E-state index contributed by atoms with van der Waals surface area (Å²) in [5.74, 6) is -1.03. The van der Waals surface area contributed by atoms with E-state index in [2.05, 4.69) is 0 Å². The standard InChI is InChI=1S/C17H17NO4S/c1-18(16(20)9-11-3-6-13(19)7-4-11)12-5-8-15(23-2)14(10-12)17(21)22/h3-8,10,19H,9H2,1-2H3,(H,21,22). The normalized spacial score (nSPS) is 10.3. The second-order valence-electron chi connectivity index (χ2n) is 4.99. The summed E-state index contributed by atoms with van der Waals surface area (Å²) in [6.45, 7) is 0. The Morgan fingerprint density at radius 2 is 1.78 bits per heavy atom. The van der Waals surface area contributed by atoms with E-state index in [1.54, 1.807) is 37.6 Å². The van der Waals surface area contributed by atoms with Crippen LogP contribution in [0, 0.1) is 0 Å². The van der Waals surface area contributed by atoms with Gasteiger partial charge in [-0.15, -0.1) is 11.8 Å². The van der Waals surface area contributed by atoms with Gasteiger partial charge in [0.1, 0.15) is 5.75 Å². The number of amides is 1. The number of carbonyl (C=O) groups is 2. The third-order valence-electron chi connectivity index (χ3n) is 3.47. The van der Waals surface area contributed by atoms with Gasteiger partial charge in [-0.25, -0.2) is 4.79 Å². The molecule has 2 rings (SSSR count). The third kappa shape index (κ3) is 4.04. The first kappa shape index (κ1) is 16.9. The summed E-state index contributed by atoms with van der Waals surface area (Å²) >= 11 is 1.35. The zero-order valence-corrected chi connectivity index (χ0v) is 13.6. The summed E-state index contributed by atoms with van der Waals surface area (Å²) in [5.41, 5.74) is 1.49. The Labute approximate surface area is 138 Å². The number of hydrogen-bond acceptors (Lipinski definition) is 4. The number of thioether (sulfide) groups is 1. The van der Waals surface area contributed by atoms with Gasteiger partial charge in [0.2, 0.25) is 5.91 Å². The number of aromatic carboxylic acids is 1. The quantitative estimate of drug-likeness (QED) is 0.824. The number of hydrogen-bond donors (Lipinski definition) is 2. The van der Waals surface area contributed by atoms with Gasteiger partial charge in [0.05, 0.1) is 12.0 Å². The number of phenolic OH excluding ortho intramolecular Hbond substituents is 1. The average Bonchev–Trinajstić information content (AvgIpc) is 2.55. The molecule has 2 aromatic rings. The Morgan fingerprint density at radius 1 is 1.13 bits per heavy atom. The highest BCUT2D eigenvalue weighted by Gasteiger charge is 2.16. The minimum Gasteiger partial charge on any atom is -0.508 e. The van der Waals surface area contributed by atoms with Crippen LogP contribution in [0.5, 0.6) is 5.75 Å². The van der Waals surface area contributed by atoms with Crippen LogP contribution in [0.4, 0.5) is 5.69 Å². The van der Waals surface area contributed by atoms with Crippen LogP contribution in [-0.4, -0.2) is 35.4 Å². The maximum Gasteiger partial charge on any atom is 0.336 e. The van der Waals surface area contributed by atoms with E-state index in [-0.39, 0.29) is 23.6 Å². The Kier molecular flexibility index (Phi) is 5.28. The van der Waals surface area contributed by atoms with Crippen molar-refractivity contribution in [3.05, 3.63) is 53.6 Å². The molecule has 0 bridgehead atoms. The van der Waals surface area contributed by atoms with Crippen LogP contribution in [0.2, 0.25) is 0 Å². The largest absolute Gasteiger partial charge is 0.508 e. The van der Waals surface area contributed by atoms with Crippen molar-refractivity contribution < 1.29 is 19.8 Å². The lowest BCUT2D eigenvalue weighted by Crippen LogP contribution is -2.28. The minimum absolute atomic E-state index is 0.147. The first-order valence-electron chi connectivity index (χ1n) is 6.88. The number of carbonyl (C=O) groups excluding carboxylic acids is 1. The number of carboxylic acid groups (broad SMARTS) is 1. The molecule has 0 unspecified atom stereocenters. The highest BCUT2D eigenvalue weighted by Crippen LogP contribution is 2.26. The van der Waals surface area contributed by atoms with E-state index >= 15 is 0 Å². The van der Waals surface area contributed by atoms with Gasteiger partial charge in [0.25, 0.3) is 0 Å². The summed E-state index contributed by atoms with van der Waals surface area (Å²) in [6, 6.07) is 11.3. The van der Waals surface area contributed by atoms with E-state index in [1.165, 1.54) is 34.9 Å². The molecule has 0 aromatic heterocycles. The summed E-state index contributed by atoms with van der Waals surface area (Å²) in [5, 5.41) is 18.5. The predicted octanol–water partition coefficient (Wildman–Crippen LogP) is 3.02. The molecular weight excluding hydrogens is 314 g/mol. The molecule has 0 fully saturated rings. The van der Waals surface area contributed by atoms with E-state index in [0.29, 0.717) is 10.6 Å². The Balaban J connectivity index is 2.20. The fraction of sp³-hybridized carbons (Fsp3) is 0.176. The van der Waals surface area contributed by atoms with E-state index in [4.69, 9.17) is 0 Å². The SMILES string of the molecule is CSc1ccc(N(C)C(=O)Cc2ccc(O)cc2)cc1C(=O)O. The van der Waals surface area contributed by atoms with Crippen LogP contribution in [0.15, 0.2) is 47.4 Å². The fourth-order valence-electron chi connectivity index (χ4n) is 2.12. The van der Waals surface area contributed by atoms with Crippen molar-refractivity contribution in [2.45, 2.75) is 11.3 Å². The molecule has 5 nitrogen and oxygen atoms in total. The second kappa shape index (κ2) is 7.19. The smallest absolute Gasteiger partial charge is 0.336 e. The van der Waals surface area contributed by atoms with E-state index in [0.717, 1.165) is 5.56 Å². The Bertz CT molecular complexity index is 728. The molecule has 0 radical (unpaired) electrons. The molecule has 2 aromatic carbocycles. The van der Waals surface area contributed by atoms with Gasteiger partial charge < -0.3 is 15.1 Å². The van der Waals surface area contributed by atoms with Gasteiger partial charge in [-0.1, -0.05) is 12.1 Å². The van der Waals surface area contributed by atoms with Crippen LogP contribution < -0.4 is 4.90 Å². The molecule has 0 aliphatic carbocycles. The van der Waals surface area contributed by atoms with E-state index in [1.807, 2.05) is 0 Å². The van der Waals surface area contributed by atoms with Crippen molar-refractivity contribution >= 4 is 29.3 Å². The molecule has 0 spiro atoms. The highest BCUT2D eigenvalue weighted by atomic mass is 32.2. The highest BCUT2D eigenvalue weighted by molar-refractivity contribution is 7.98. The van der Waals surface area contributed by atoms with E-state index in [9.17, 15) is 19.8 Å². The number of likely N-dealkylation sites (N-methyl/N-ethyl adjacent to an activating group) is 1. The average molecular weight is 331 g/mol. The summed E-state index contributed by atoms with van der Waals surface area (Å²) in [6.07, 6.45) is 1.98. The number of benzene rings is 2. The first-order chi connectivity index (χ1) is 10.9. The number of nitrogens with zero attached hydrogens (tertiary/aromatic N) is 1. The number of aromatic hydroxyl groups is 1. The summed E-state index contributed by atoms with van der Waals surface area (Å²) in [7, 11) is 1.61. The van der Waals surface area contributed by atoms with Crippen LogP contribution in [0.1, 0.15) is 15.9 Å². The van der Waals surface area contributed by atoms with Gasteiger partial charge in [-0.05, 0) is 42.2 Å². The number of carboxylic acids is 1. The Morgan fingerprint density at radius 3 is 2.35 bits per heavy atom. The van der Waals surface area contributed by atoms with Gasteiger partial charge in [0, 0.05) is 17.6 Å². The topological polar surface area (TPSA) is 77.8 Å². The molecular formula is C17H17NO4S. The second-order valence-corrected chi connectivity index (χ2v) is 5.83. The third-order valence-corrected chi connectivity index (χ3v) is 4.26. The Hall–Kier alpha value is -2.47. The van der Waals surface area contributed by atoms with Crippen molar-refractivity contribution in [1.82, 2.24) is 0 Å². The van der Waals surface area contributed by atoms with Gasteiger partial charge >= 0.3 is 5.97 Å². The fourth-order valence-corrected chi connectivity index (χ4v) is 2.69. The van der Waals surface area contributed by atoms with Crippen molar-refractivity contribution in [2.24, 2.45) is 0 Å². The number of rotatable bonds is 5. The van der Waals surface area contributed by atoms with Crippen molar-refractivity contribution in [3.63, 3.8) is 0 Å². The van der Waals surface area contributed by atoms with E-state index < -0.39 is 5.97 Å². The number of anilines is 1. The first-order valence-corrected chi connectivity index (χ1v) is 8.10. The summed E-state index contributed by atoms with van der Waals surface area (Å²) in [4.78, 5) is 25.7. The molecule has 6 heteroatoms. The molecule has 0 saturated heterocycles. The van der Waals surface area contributed by atoms with Crippen LogP contribution in [0.3, 0.4) is 0 Å². The lowest BCUT2D eigenvalue weighted by molar-refractivity contribution is -0.117. The van der Waals surface area contributed by atoms with Crippen LogP contribution in [-0.2, 0) is 11.2 Å². The van der Waals surface area contributed by atoms with Gasteiger partial charge in [0.15, 0.2) is 0 Å². The maximum absolute atomic E-state index is 12.3. The lowest BCUT2D eigenvalue weighted by Gasteiger charge is -2.18. The monoisotopic (exact) mass is 331 g/mol. The van der Waals surface area contributed by atoms with Crippen molar-refractivity contribution in [2.75, 3.05) is 18.2 Å². The zero-order chi connectivity index (χ0) is 17.0. The molecule has 1 amide bonds. The van der Waals surface area contributed by atoms with Crippen LogP contribution >= 0.6 is 11.8 Å². The molecule has 0 aliphatic heterocycles. The molecule has 2 N–H and O–H groups in total. The van der Waals surface area contributed by atoms with Crippen molar-refractivity contribution in [1.29, 1.82) is 0 Å². The molecule has 0 saturated carbocycles. The maximum atomic E-state index is 12.3. The lowest BCUT2D eigenvalue weighted by atomic mass is 10.1. The molecule has 120 valence electrons. The summed E-state index contributed by atoms with van der Waals surface area (Å²) < 4.78 is 0. The zero-order valence-electron chi connectivity index (χ0n) is 12.8. The predicted molar refractivity (Wildman–Crippen MR) is 90.4 cm³/mol. The molecule has 0 atom stereocenters. The van der Waals surface area contributed by atoms with Crippen molar-refractivity contribution in [3.8, 4) is 5.75 Å². The van der Waals surface area contributed by atoms with Gasteiger partial charge in [-0.3, -0.25) is 4.79 Å². The van der Waals surface area contributed by atoms with Crippen LogP contribution in [0.25, 0.3) is 0 Å². The molecule has 0 aliphatic rings. The van der Waals surface area contributed by atoms with Gasteiger partial charge in [-0.2, -0.15) is 0 Å². The number of phenols is 1.